The lowest BCUT2D eigenvalue weighted by molar-refractivity contribution is 0.0734. The van der Waals surface area contributed by atoms with Gasteiger partial charge in [-0.3, -0.25) is 0 Å². The Labute approximate surface area is 214 Å². The van der Waals surface area contributed by atoms with Gasteiger partial charge in [-0.05, 0) is 79.4 Å². The van der Waals surface area contributed by atoms with Gasteiger partial charge in [0, 0.05) is 5.56 Å². The summed E-state index contributed by atoms with van der Waals surface area (Å²) in [5, 5.41) is 18.4. The molecule has 0 heterocycles. The number of hydrogen-bond acceptors (Lipinski definition) is 6. The predicted molar refractivity (Wildman–Crippen MR) is 143 cm³/mol. The second kappa shape index (κ2) is 14.8. The Morgan fingerprint density at radius 2 is 1.53 bits per heavy atom. The van der Waals surface area contributed by atoms with Crippen LogP contribution in [0.15, 0.2) is 77.0 Å². The molecule has 0 spiro atoms. The summed E-state index contributed by atoms with van der Waals surface area (Å²) in [6, 6.07) is 19.9. The standard InChI is InChI=1S/C30H36N2O4/c1-3-5-7-8-20-35-27-16-12-24(13-17-27)30(34)36-28-18-19-29(25(21-28)22-33)32-31-26-14-10-23(11-15-26)9-6-4-2/h10-19,21,33H,3-9,20,22H2,1-2H3. The van der Waals surface area contributed by atoms with Gasteiger partial charge >= 0.3 is 5.97 Å². The van der Waals surface area contributed by atoms with Gasteiger partial charge in [-0.25, -0.2) is 4.79 Å². The molecule has 0 amide bonds. The van der Waals surface area contributed by atoms with E-state index in [0.29, 0.717) is 29.2 Å². The highest BCUT2D eigenvalue weighted by molar-refractivity contribution is 5.91. The molecule has 3 aromatic rings. The summed E-state index contributed by atoms with van der Waals surface area (Å²) in [6.07, 6.45) is 7.96. The van der Waals surface area contributed by atoms with Crippen LogP contribution in [0.1, 0.15) is 73.9 Å². The van der Waals surface area contributed by atoms with Crippen LogP contribution in [0.3, 0.4) is 0 Å². The number of aliphatic hydroxyl groups excluding tert-OH is 1. The van der Waals surface area contributed by atoms with Crippen LogP contribution in [0.4, 0.5) is 11.4 Å². The van der Waals surface area contributed by atoms with E-state index in [1.54, 1.807) is 42.5 Å². The Morgan fingerprint density at radius 3 is 2.22 bits per heavy atom. The summed E-state index contributed by atoms with van der Waals surface area (Å²) in [5.41, 5.74) is 3.49. The van der Waals surface area contributed by atoms with E-state index in [-0.39, 0.29) is 6.61 Å². The minimum atomic E-state index is -0.481. The molecule has 0 saturated carbocycles. The monoisotopic (exact) mass is 488 g/mol. The van der Waals surface area contributed by atoms with E-state index in [1.165, 1.54) is 18.4 Å². The Kier molecular flexibility index (Phi) is 11.1. The molecule has 6 heteroatoms. The topological polar surface area (TPSA) is 80.5 Å². The number of unbranched alkanes of at least 4 members (excludes halogenated alkanes) is 4. The van der Waals surface area contributed by atoms with Crippen molar-refractivity contribution in [2.75, 3.05) is 6.61 Å². The molecule has 0 aliphatic rings. The van der Waals surface area contributed by atoms with Crippen LogP contribution in [-0.2, 0) is 13.0 Å². The molecule has 0 aromatic heterocycles. The summed E-state index contributed by atoms with van der Waals surface area (Å²) in [5.74, 6) is 0.585. The number of rotatable bonds is 14. The van der Waals surface area contributed by atoms with Gasteiger partial charge in [0.1, 0.15) is 11.5 Å². The maximum atomic E-state index is 12.6. The fourth-order valence-electron chi connectivity index (χ4n) is 3.64. The lowest BCUT2D eigenvalue weighted by Crippen LogP contribution is -2.08. The molecule has 0 fully saturated rings. The van der Waals surface area contributed by atoms with Crippen molar-refractivity contribution >= 4 is 17.3 Å². The maximum absolute atomic E-state index is 12.6. The summed E-state index contributed by atoms with van der Waals surface area (Å²) in [4.78, 5) is 12.6. The lowest BCUT2D eigenvalue weighted by atomic mass is 10.1. The molecule has 3 rings (SSSR count). The number of azo groups is 1. The smallest absolute Gasteiger partial charge is 0.343 e. The number of nitrogens with zero attached hydrogens (tertiary/aromatic N) is 2. The van der Waals surface area contributed by atoms with Crippen LogP contribution in [0.25, 0.3) is 0 Å². The summed E-state index contributed by atoms with van der Waals surface area (Å²) in [6.45, 7) is 4.77. The van der Waals surface area contributed by atoms with Crippen molar-refractivity contribution in [2.24, 2.45) is 10.2 Å². The van der Waals surface area contributed by atoms with E-state index in [1.807, 2.05) is 12.1 Å². The number of hydrogen-bond donors (Lipinski definition) is 1. The Bertz CT molecular complexity index is 1110. The average molecular weight is 489 g/mol. The predicted octanol–water partition coefficient (Wildman–Crippen LogP) is 8.12. The third-order valence-corrected chi connectivity index (χ3v) is 5.82. The van der Waals surface area contributed by atoms with Crippen molar-refractivity contribution in [3.8, 4) is 11.5 Å². The van der Waals surface area contributed by atoms with Crippen molar-refractivity contribution < 1.29 is 19.4 Å². The molecule has 0 bridgehead atoms. The van der Waals surface area contributed by atoms with Gasteiger partial charge in [0.15, 0.2) is 0 Å². The lowest BCUT2D eigenvalue weighted by Gasteiger charge is -2.09. The minimum Gasteiger partial charge on any atom is -0.494 e. The number of carbonyl (C=O) groups is 1. The van der Waals surface area contributed by atoms with Crippen LogP contribution in [-0.4, -0.2) is 17.7 Å². The van der Waals surface area contributed by atoms with Gasteiger partial charge < -0.3 is 14.6 Å². The van der Waals surface area contributed by atoms with E-state index in [9.17, 15) is 9.90 Å². The van der Waals surface area contributed by atoms with E-state index < -0.39 is 5.97 Å². The van der Waals surface area contributed by atoms with Crippen LogP contribution >= 0.6 is 0 Å². The first-order valence-corrected chi connectivity index (χ1v) is 12.8. The second-order valence-electron chi connectivity index (χ2n) is 8.74. The maximum Gasteiger partial charge on any atom is 0.343 e. The van der Waals surface area contributed by atoms with Crippen molar-refractivity contribution in [3.05, 3.63) is 83.4 Å². The zero-order valence-electron chi connectivity index (χ0n) is 21.3. The van der Waals surface area contributed by atoms with Crippen molar-refractivity contribution in [3.63, 3.8) is 0 Å². The van der Waals surface area contributed by atoms with E-state index in [4.69, 9.17) is 9.47 Å². The molecule has 0 unspecified atom stereocenters. The molecular weight excluding hydrogens is 452 g/mol. The molecule has 36 heavy (non-hydrogen) atoms. The van der Waals surface area contributed by atoms with Gasteiger partial charge in [-0.15, -0.1) is 0 Å². The molecule has 6 nitrogen and oxygen atoms in total. The van der Waals surface area contributed by atoms with Gasteiger partial charge in [0.2, 0.25) is 0 Å². The van der Waals surface area contributed by atoms with Crippen molar-refractivity contribution in [1.82, 2.24) is 0 Å². The van der Waals surface area contributed by atoms with Crippen molar-refractivity contribution in [2.45, 2.75) is 65.4 Å². The average Bonchev–Trinajstić information content (AvgIpc) is 2.91. The highest BCUT2D eigenvalue weighted by Gasteiger charge is 2.11. The number of carbonyl (C=O) groups excluding carboxylic acids is 1. The highest BCUT2D eigenvalue weighted by Crippen LogP contribution is 2.27. The molecule has 0 saturated heterocycles. The van der Waals surface area contributed by atoms with E-state index in [0.717, 1.165) is 43.5 Å². The quantitative estimate of drug-likeness (QED) is 0.108. The summed E-state index contributed by atoms with van der Waals surface area (Å²) >= 11 is 0. The van der Waals surface area contributed by atoms with Crippen LogP contribution in [0.2, 0.25) is 0 Å². The molecule has 0 aliphatic carbocycles. The Morgan fingerprint density at radius 1 is 0.806 bits per heavy atom. The normalized spacial score (nSPS) is 11.1. The molecule has 1 N–H and O–H groups in total. The van der Waals surface area contributed by atoms with Gasteiger partial charge in [-0.2, -0.15) is 10.2 Å². The number of esters is 1. The third kappa shape index (κ3) is 8.61. The summed E-state index contributed by atoms with van der Waals surface area (Å²) < 4.78 is 11.2. The molecule has 0 aliphatic heterocycles. The fourth-order valence-corrected chi connectivity index (χ4v) is 3.64. The van der Waals surface area contributed by atoms with Gasteiger partial charge in [0.25, 0.3) is 0 Å². The number of aryl methyl sites for hydroxylation is 1. The first kappa shape index (κ1) is 27.1. The van der Waals surface area contributed by atoms with E-state index >= 15 is 0 Å². The van der Waals surface area contributed by atoms with Crippen LogP contribution < -0.4 is 9.47 Å². The highest BCUT2D eigenvalue weighted by atomic mass is 16.5. The van der Waals surface area contributed by atoms with Crippen LogP contribution in [0.5, 0.6) is 11.5 Å². The SMILES string of the molecule is CCCCCCOc1ccc(C(=O)Oc2ccc(N=Nc3ccc(CCCC)cc3)c(CO)c2)cc1. The minimum absolute atomic E-state index is 0.250. The second-order valence-corrected chi connectivity index (χ2v) is 8.74. The molecule has 0 atom stereocenters. The first-order chi connectivity index (χ1) is 17.6. The van der Waals surface area contributed by atoms with Gasteiger partial charge in [-0.1, -0.05) is 51.7 Å². The zero-order chi connectivity index (χ0) is 25.6. The van der Waals surface area contributed by atoms with Crippen LogP contribution in [0, 0.1) is 0 Å². The fraction of sp³-hybridized carbons (Fsp3) is 0.367. The molecule has 3 aromatic carbocycles. The van der Waals surface area contributed by atoms with Crippen molar-refractivity contribution in [1.29, 1.82) is 0 Å². The Hall–Kier alpha value is -3.51. The zero-order valence-corrected chi connectivity index (χ0v) is 21.3. The first-order valence-electron chi connectivity index (χ1n) is 12.8. The molecule has 0 radical (unpaired) electrons. The van der Waals surface area contributed by atoms with E-state index in [2.05, 4.69) is 36.2 Å². The number of benzene rings is 3. The molecule has 190 valence electrons. The summed E-state index contributed by atoms with van der Waals surface area (Å²) in [7, 11) is 0. The number of aliphatic hydroxyl groups is 1. The number of ether oxygens (including phenoxy) is 2. The third-order valence-electron chi connectivity index (χ3n) is 5.82. The molecular formula is C30H36N2O4. The van der Waals surface area contributed by atoms with Gasteiger partial charge in [0.05, 0.1) is 30.2 Å². The Balaban J connectivity index is 1.57. The largest absolute Gasteiger partial charge is 0.494 e.